The molecule has 3 rings (SSSR count). The van der Waals surface area contributed by atoms with E-state index in [0.29, 0.717) is 71.7 Å². The summed E-state index contributed by atoms with van der Waals surface area (Å²) in [5.41, 5.74) is 1.08. The van der Waals surface area contributed by atoms with Crippen molar-refractivity contribution in [3.63, 3.8) is 0 Å². The summed E-state index contributed by atoms with van der Waals surface area (Å²) in [4.78, 5) is 60.4. The smallest absolute Gasteiger partial charge is 0.305 e. The molecule has 2 heterocycles. The van der Waals surface area contributed by atoms with E-state index < -0.39 is 35.6 Å². The number of anilines is 1. The molecule has 1 aromatic rings. The van der Waals surface area contributed by atoms with Crippen LogP contribution in [-0.2, 0) is 38.1 Å². The number of carboxylic acid groups (broad SMARTS) is 1. The molecule has 0 saturated carbocycles. The minimum absolute atomic E-state index is 0.0243. The number of hydrogen-bond acceptors (Lipinski definition) is 11. The van der Waals surface area contributed by atoms with Crippen molar-refractivity contribution in [2.45, 2.75) is 25.3 Å². The normalized spacial score (nSPS) is 16.8. The van der Waals surface area contributed by atoms with Gasteiger partial charge in [0.05, 0.1) is 83.6 Å². The Morgan fingerprint density at radius 3 is 1.95 bits per heavy atom. The quantitative estimate of drug-likeness (QED) is 0.143. The molecule has 220 valence electrons. The van der Waals surface area contributed by atoms with Crippen LogP contribution in [0.1, 0.15) is 40.0 Å². The lowest BCUT2D eigenvalue weighted by Gasteiger charge is -2.27. The van der Waals surface area contributed by atoms with Gasteiger partial charge in [-0.1, -0.05) is 0 Å². The number of ether oxygens (including phenoxy) is 5. The number of carboxylic acids is 1. The maximum absolute atomic E-state index is 12.9. The van der Waals surface area contributed by atoms with Gasteiger partial charge in [-0.25, -0.2) is 0 Å². The van der Waals surface area contributed by atoms with Gasteiger partial charge in [0.25, 0.3) is 11.8 Å². The van der Waals surface area contributed by atoms with E-state index >= 15 is 0 Å². The summed E-state index contributed by atoms with van der Waals surface area (Å²) in [6.07, 6.45) is 0.159. The van der Waals surface area contributed by atoms with Gasteiger partial charge in [0.1, 0.15) is 6.04 Å². The van der Waals surface area contributed by atoms with Gasteiger partial charge in [-0.2, -0.15) is 0 Å². The SMILES string of the molecule is O=C(O)CCOCCOCCOCCOCCOCCNc1ccc2c(c1)C(=O)N(C1CCC(=O)NC1=O)C2=O. The molecule has 0 aliphatic carbocycles. The van der Waals surface area contributed by atoms with E-state index in [1.54, 1.807) is 18.2 Å². The maximum atomic E-state index is 12.9. The molecule has 14 nitrogen and oxygen atoms in total. The summed E-state index contributed by atoms with van der Waals surface area (Å²) in [7, 11) is 0. The Balaban J connectivity index is 1.19. The first-order valence-corrected chi connectivity index (χ1v) is 13.1. The number of nitrogens with zero attached hydrogens (tertiary/aromatic N) is 1. The molecule has 4 amide bonds. The Labute approximate surface area is 231 Å². The highest BCUT2D eigenvalue weighted by Gasteiger charge is 2.44. The molecular formula is C26H35N3O11. The summed E-state index contributed by atoms with van der Waals surface area (Å²) in [6, 6.07) is 3.81. The van der Waals surface area contributed by atoms with Crippen LogP contribution < -0.4 is 10.6 Å². The molecule has 1 fully saturated rings. The highest BCUT2D eigenvalue weighted by atomic mass is 16.6. The van der Waals surface area contributed by atoms with Crippen molar-refractivity contribution >= 4 is 35.3 Å². The zero-order chi connectivity index (χ0) is 28.7. The van der Waals surface area contributed by atoms with Crippen LogP contribution in [0.25, 0.3) is 0 Å². The molecule has 1 unspecified atom stereocenters. The van der Waals surface area contributed by atoms with Crippen LogP contribution in [0.4, 0.5) is 5.69 Å². The molecule has 1 atom stereocenters. The number of carbonyl (C=O) groups is 5. The molecule has 40 heavy (non-hydrogen) atoms. The van der Waals surface area contributed by atoms with Crippen LogP contribution in [0.15, 0.2) is 18.2 Å². The number of rotatable bonds is 20. The lowest BCUT2D eigenvalue weighted by Crippen LogP contribution is -2.54. The molecule has 1 saturated heterocycles. The fourth-order valence-corrected chi connectivity index (χ4v) is 3.99. The Hall–Kier alpha value is -3.43. The van der Waals surface area contributed by atoms with Crippen LogP contribution in [0, 0.1) is 0 Å². The molecule has 0 aromatic heterocycles. The fourth-order valence-electron chi connectivity index (χ4n) is 3.99. The number of nitrogens with one attached hydrogen (secondary N) is 2. The third-order valence-electron chi connectivity index (χ3n) is 5.96. The second kappa shape index (κ2) is 16.6. The van der Waals surface area contributed by atoms with Gasteiger partial charge < -0.3 is 34.1 Å². The molecular weight excluding hydrogens is 530 g/mol. The third-order valence-corrected chi connectivity index (χ3v) is 5.96. The zero-order valence-electron chi connectivity index (χ0n) is 22.2. The maximum Gasteiger partial charge on any atom is 0.305 e. The number of carbonyl (C=O) groups excluding carboxylic acids is 4. The first-order chi connectivity index (χ1) is 19.4. The number of imide groups is 2. The molecule has 0 spiro atoms. The van der Waals surface area contributed by atoms with Crippen LogP contribution in [-0.4, -0.2) is 118 Å². The van der Waals surface area contributed by atoms with E-state index in [0.717, 1.165) is 4.90 Å². The Kier molecular flexibility index (Phi) is 12.9. The minimum atomic E-state index is -0.993. The number of piperidine rings is 1. The van der Waals surface area contributed by atoms with Crippen LogP contribution in [0.3, 0.4) is 0 Å². The van der Waals surface area contributed by atoms with E-state index in [-0.39, 0.29) is 37.0 Å². The van der Waals surface area contributed by atoms with Crippen LogP contribution >= 0.6 is 0 Å². The van der Waals surface area contributed by atoms with Crippen molar-refractivity contribution in [1.29, 1.82) is 0 Å². The average Bonchev–Trinajstić information content (AvgIpc) is 3.17. The van der Waals surface area contributed by atoms with Crippen LogP contribution in [0.2, 0.25) is 0 Å². The predicted octanol–water partition coefficient (Wildman–Crippen LogP) is 0.0574. The first-order valence-electron chi connectivity index (χ1n) is 13.1. The molecule has 2 aliphatic heterocycles. The Morgan fingerprint density at radius 2 is 1.38 bits per heavy atom. The van der Waals surface area contributed by atoms with Crippen molar-refractivity contribution in [1.82, 2.24) is 10.2 Å². The lowest BCUT2D eigenvalue weighted by atomic mass is 10.0. The van der Waals surface area contributed by atoms with Crippen LogP contribution in [0.5, 0.6) is 0 Å². The molecule has 3 N–H and O–H groups in total. The van der Waals surface area contributed by atoms with Crippen molar-refractivity contribution in [2.75, 3.05) is 77.9 Å². The summed E-state index contributed by atoms with van der Waals surface area (Å²) in [5.74, 6) is -3.04. The van der Waals surface area contributed by atoms with E-state index in [1.165, 1.54) is 0 Å². The number of amides is 4. The topological polar surface area (TPSA) is 179 Å². The van der Waals surface area contributed by atoms with Gasteiger partial charge in [-0.05, 0) is 24.6 Å². The highest BCUT2D eigenvalue weighted by molar-refractivity contribution is 6.23. The molecule has 0 radical (unpaired) electrons. The van der Waals surface area contributed by atoms with Gasteiger partial charge in [0.15, 0.2) is 0 Å². The highest BCUT2D eigenvalue weighted by Crippen LogP contribution is 2.29. The van der Waals surface area contributed by atoms with E-state index in [1.807, 2.05) is 0 Å². The second-order valence-electron chi connectivity index (χ2n) is 8.84. The number of aliphatic carboxylic acids is 1. The molecule has 14 heteroatoms. The van der Waals surface area contributed by atoms with Crippen molar-refractivity contribution in [3.05, 3.63) is 29.3 Å². The van der Waals surface area contributed by atoms with Gasteiger partial charge in [-0.3, -0.25) is 34.2 Å². The molecule has 2 aliphatic rings. The second-order valence-corrected chi connectivity index (χ2v) is 8.84. The van der Waals surface area contributed by atoms with Gasteiger partial charge >= 0.3 is 5.97 Å². The van der Waals surface area contributed by atoms with Crippen molar-refractivity contribution < 1.29 is 52.8 Å². The fraction of sp³-hybridized carbons (Fsp3) is 0.577. The standard InChI is InChI=1S/C26H35N3O11/c30-22-4-3-21(24(33)28-22)29-25(34)19-2-1-18(17-20(19)26(29)35)27-6-8-37-10-12-39-14-16-40-15-13-38-11-9-36-7-5-23(31)32/h1-2,17,21,27H,3-16H2,(H,31,32)(H,28,30,33). The largest absolute Gasteiger partial charge is 0.481 e. The Morgan fingerprint density at radius 1 is 0.825 bits per heavy atom. The van der Waals surface area contributed by atoms with Gasteiger partial charge in [-0.15, -0.1) is 0 Å². The first kappa shape index (κ1) is 31.1. The van der Waals surface area contributed by atoms with Gasteiger partial charge in [0.2, 0.25) is 11.8 Å². The number of fused-ring (bicyclic) bond motifs is 1. The predicted molar refractivity (Wildman–Crippen MR) is 138 cm³/mol. The Bertz CT molecular complexity index is 1050. The lowest BCUT2D eigenvalue weighted by molar-refractivity contribution is -0.138. The van der Waals surface area contributed by atoms with Gasteiger partial charge in [0, 0.05) is 18.7 Å². The van der Waals surface area contributed by atoms with E-state index in [2.05, 4.69) is 10.6 Å². The monoisotopic (exact) mass is 565 g/mol. The van der Waals surface area contributed by atoms with Crippen molar-refractivity contribution in [2.24, 2.45) is 0 Å². The summed E-state index contributed by atoms with van der Waals surface area (Å²) in [6.45, 7) is 4.19. The zero-order valence-corrected chi connectivity index (χ0v) is 22.2. The van der Waals surface area contributed by atoms with E-state index in [9.17, 15) is 24.0 Å². The van der Waals surface area contributed by atoms with E-state index in [4.69, 9.17) is 28.8 Å². The molecule has 0 bridgehead atoms. The van der Waals surface area contributed by atoms with Crippen molar-refractivity contribution in [3.8, 4) is 0 Å². The third kappa shape index (κ3) is 9.64. The summed E-state index contributed by atoms with van der Waals surface area (Å²) in [5, 5.41) is 13.8. The average molecular weight is 566 g/mol. The number of benzene rings is 1. The number of hydrogen-bond donors (Lipinski definition) is 3. The molecule has 1 aromatic carbocycles. The minimum Gasteiger partial charge on any atom is -0.481 e. The summed E-state index contributed by atoms with van der Waals surface area (Å²) < 4.78 is 26.7. The summed E-state index contributed by atoms with van der Waals surface area (Å²) >= 11 is 0.